The molecule has 3 heterocycles. The summed E-state index contributed by atoms with van der Waals surface area (Å²) in [6.07, 6.45) is 8.74. The van der Waals surface area contributed by atoms with Crippen molar-refractivity contribution in [3.8, 4) is 90.4 Å². The van der Waals surface area contributed by atoms with Crippen LogP contribution in [0, 0.1) is 47.7 Å². The van der Waals surface area contributed by atoms with Gasteiger partial charge in [-0.15, -0.1) is 94.5 Å². The summed E-state index contributed by atoms with van der Waals surface area (Å²) in [6, 6.07) is 75.6. The number of aromatic nitrogens is 3. The van der Waals surface area contributed by atoms with Gasteiger partial charge in [0.15, 0.2) is 0 Å². The van der Waals surface area contributed by atoms with Gasteiger partial charge in [-0.2, -0.15) is 10.5 Å². The molecule has 0 bridgehead atoms. The number of hydrogen-bond acceptors (Lipinski definition) is 5. The van der Waals surface area contributed by atoms with Gasteiger partial charge in [0.25, 0.3) is 0 Å². The number of hydrogen-bond donors (Lipinski definition) is 0. The van der Waals surface area contributed by atoms with Crippen LogP contribution in [0.2, 0.25) is 0 Å². The minimum Gasteiger partial charge on any atom is -0.305 e. The standard InChI is InChI=1S/C64H44N5.Ir/c1-44-56(42-65)39-54(40-57(44)43-66)49-27-29-50(30-28-49)61-41-53(64-14-6-9-35-69-64)31-32-60(61)59-11-3-2-10-58(59)55-37-47(17-15-45-19-23-51(24-20-45)62-12-4-7-33-67-62)36-48(38-55)18-16-46-21-25-52(26-22-46)63-13-5-8-34-68-63;/h2-14,19-23,25,27-30,32-41H,15-18H2,1H3;/q-3;+3/i1D3;. The number of nitriles is 2. The average molecular weight is 1080 g/mol. The van der Waals surface area contributed by atoms with Crippen molar-refractivity contribution in [3.63, 3.8) is 0 Å². The van der Waals surface area contributed by atoms with Gasteiger partial charge in [0, 0.05) is 22.7 Å². The molecule has 0 radical (unpaired) electrons. The second kappa shape index (κ2) is 21.7. The molecule has 7 aromatic carbocycles. The van der Waals surface area contributed by atoms with Gasteiger partial charge in [-0.1, -0.05) is 133 Å². The fourth-order valence-electron chi connectivity index (χ4n) is 8.79. The molecule has 70 heavy (non-hydrogen) atoms. The van der Waals surface area contributed by atoms with E-state index in [1.165, 1.54) is 22.3 Å². The van der Waals surface area contributed by atoms with Gasteiger partial charge >= 0.3 is 20.1 Å². The molecule has 0 fully saturated rings. The zero-order valence-electron chi connectivity index (χ0n) is 41.0. The first-order valence-corrected chi connectivity index (χ1v) is 22.8. The van der Waals surface area contributed by atoms with Gasteiger partial charge in [-0.05, 0) is 112 Å². The molecule has 0 atom stereocenters. The zero-order chi connectivity index (χ0) is 49.4. The second-order valence-electron chi connectivity index (χ2n) is 16.9. The second-order valence-corrected chi connectivity index (χ2v) is 16.9. The van der Waals surface area contributed by atoms with E-state index >= 15 is 0 Å². The third-order valence-corrected chi connectivity index (χ3v) is 12.4. The third kappa shape index (κ3) is 10.5. The van der Waals surface area contributed by atoms with Crippen LogP contribution in [0.3, 0.4) is 0 Å². The normalized spacial score (nSPS) is 11.5. The summed E-state index contributed by atoms with van der Waals surface area (Å²) in [5.41, 5.74) is 17.4. The van der Waals surface area contributed by atoms with Crippen LogP contribution in [0.25, 0.3) is 78.3 Å². The van der Waals surface area contributed by atoms with Crippen LogP contribution in [0.5, 0.6) is 0 Å². The molecule has 10 aromatic rings. The van der Waals surface area contributed by atoms with Crippen molar-refractivity contribution >= 4 is 0 Å². The third-order valence-electron chi connectivity index (χ3n) is 12.4. The van der Waals surface area contributed by atoms with E-state index in [0.29, 0.717) is 5.56 Å². The molecule has 0 aliphatic carbocycles. The topological polar surface area (TPSA) is 86.2 Å². The molecule has 6 heteroatoms. The van der Waals surface area contributed by atoms with Crippen LogP contribution in [0.4, 0.5) is 0 Å². The first-order chi connectivity index (χ1) is 35.2. The zero-order valence-corrected chi connectivity index (χ0v) is 40.3. The fourth-order valence-corrected chi connectivity index (χ4v) is 8.79. The van der Waals surface area contributed by atoms with Crippen molar-refractivity contribution in [1.82, 2.24) is 15.0 Å². The molecular formula is C64H44IrN5. The van der Waals surface area contributed by atoms with E-state index in [0.717, 1.165) is 98.4 Å². The monoisotopic (exact) mass is 1080 g/mol. The molecule has 3 aromatic heterocycles. The van der Waals surface area contributed by atoms with E-state index < -0.39 is 6.85 Å². The van der Waals surface area contributed by atoms with Crippen LogP contribution >= 0.6 is 0 Å². The van der Waals surface area contributed by atoms with Gasteiger partial charge in [0.2, 0.25) is 0 Å². The summed E-state index contributed by atoms with van der Waals surface area (Å²) < 4.78 is 24.0. The Hall–Kier alpha value is -8.38. The summed E-state index contributed by atoms with van der Waals surface area (Å²) in [5, 5.41) is 19.9. The molecule has 334 valence electrons. The van der Waals surface area contributed by atoms with Crippen molar-refractivity contribution in [2.75, 3.05) is 0 Å². The smallest absolute Gasteiger partial charge is 0.305 e. The molecule has 5 nitrogen and oxygen atoms in total. The number of aryl methyl sites for hydroxylation is 4. The minimum absolute atomic E-state index is 0. The summed E-state index contributed by atoms with van der Waals surface area (Å²) in [5.74, 6) is 0. The SMILES string of the molecule is [2H]C([2H])([2H])c1c(C#N)cc(-c2ccc(-c3cc(-c4ccccn4)[c-]cc3-c3ccccc3-c3cc(CCc4c[c-]c(-c5ccccn5)cc4)cc(CCc4c[c-]c(-c5ccccn5)cc4)c3)cc2)cc1C#N.[Ir+3]. The van der Waals surface area contributed by atoms with Gasteiger partial charge in [0.05, 0.1) is 23.3 Å². The maximum atomic E-state index is 9.97. The fraction of sp³-hybridized carbons (Fsp3) is 0.0781. The average Bonchev–Trinajstić information content (AvgIpc) is 3.44. The van der Waals surface area contributed by atoms with Gasteiger partial charge in [-0.3, -0.25) is 0 Å². The van der Waals surface area contributed by atoms with Crippen LogP contribution in [0.15, 0.2) is 201 Å². The molecule has 0 spiro atoms. The van der Waals surface area contributed by atoms with E-state index in [9.17, 15) is 10.5 Å². The number of pyridine rings is 3. The first kappa shape index (κ1) is 42.9. The molecule has 0 amide bonds. The largest absolute Gasteiger partial charge is 3.00 e. The molecule has 10 rings (SSSR count). The van der Waals surface area contributed by atoms with Gasteiger partial charge < -0.3 is 15.0 Å². The van der Waals surface area contributed by atoms with Crippen LogP contribution < -0.4 is 0 Å². The maximum absolute atomic E-state index is 9.97. The maximum Gasteiger partial charge on any atom is 3.00 e. The van der Waals surface area contributed by atoms with Gasteiger partial charge in [0.1, 0.15) is 0 Å². The predicted octanol–water partition coefficient (Wildman–Crippen LogP) is 14.6. The van der Waals surface area contributed by atoms with E-state index in [4.69, 9.17) is 4.11 Å². The molecule has 0 saturated heterocycles. The van der Waals surface area contributed by atoms with E-state index in [1.807, 2.05) is 91.0 Å². The van der Waals surface area contributed by atoms with Crippen molar-refractivity contribution < 1.29 is 24.2 Å². The summed E-state index contributed by atoms with van der Waals surface area (Å²) in [4.78, 5) is 13.7. The molecule has 0 N–H and O–H groups in total. The Bertz CT molecular complexity index is 3470. The van der Waals surface area contributed by atoms with E-state index in [1.54, 1.807) is 30.7 Å². The first-order valence-electron chi connectivity index (χ1n) is 24.3. The van der Waals surface area contributed by atoms with E-state index in [-0.39, 0.29) is 36.8 Å². The molecule has 0 aliphatic heterocycles. The Morgan fingerprint density at radius 1 is 0.414 bits per heavy atom. The Morgan fingerprint density at radius 2 is 0.900 bits per heavy atom. The van der Waals surface area contributed by atoms with Crippen molar-refractivity contribution in [3.05, 3.63) is 258 Å². The minimum atomic E-state index is -2.61. The molecular weight excluding hydrogens is 1030 g/mol. The van der Waals surface area contributed by atoms with Crippen molar-refractivity contribution in [1.29, 1.82) is 10.5 Å². The number of nitrogens with zero attached hydrogens (tertiary/aromatic N) is 5. The summed E-state index contributed by atoms with van der Waals surface area (Å²) >= 11 is 0. The Morgan fingerprint density at radius 3 is 1.39 bits per heavy atom. The Kier molecular flexibility index (Phi) is 13.3. The molecule has 0 aliphatic rings. The summed E-state index contributed by atoms with van der Waals surface area (Å²) in [6.45, 7) is -2.61. The Labute approximate surface area is 428 Å². The van der Waals surface area contributed by atoms with Crippen LogP contribution in [0.1, 0.15) is 43.1 Å². The van der Waals surface area contributed by atoms with Crippen molar-refractivity contribution in [2.24, 2.45) is 0 Å². The number of benzene rings is 7. The van der Waals surface area contributed by atoms with Crippen molar-refractivity contribution in [2.45, 2.75) is 32.5 Å². The van der Waals surface area contributed by atoms with Gasteiger partial charge in [-0.25, -0.2) is 0 Å². The van der Waals surface area contributed by atoms with Crippen LogP contribution in [-0.4, -0.2) is 15.0 Å². The summed E-state index contributed by atoms with van der Waals surface area (Å²) in [7, 11) is 0. The van der Waals surface area contributed by atoms with Crippen LogP contribution in [-0.2, 0) is 45.8 Å². The number of rotatable bonds is 13. The molecule has 0 saturated carbocycles. The predicted molar refractivity (Wildman–Crippen MR) is 276 cm³/mol. The molecule has 0 unspecified atom stereocenters. The Balaban J connectivity index is 0.00000656. The van der Waals surface area contributed by atoms with E-state index in [2.05, 4.69) is 124 Å². The quantitative estimate of drug-likeness (QED) is 0.107.